The predicted molar refractivity (Wildman–Crippen MR) is 206 cm³/mol. The Morgan fingerprint density at radius 3 is 2.44 bits per heavy atom. The molecular formula is C41H43N9O4. The van der Waals surface area contributed by atoms with Gasteiger partial charge in [0, 0.05) is 112 Å². The van der Waals surface area contributed by atoms with Crippen LogP contribution in [0.3, 0.4) is 0 Å². The number of piperidine rings is 1. The van der Waals surface area contributed by atoms with Crippen molar-refractivity contribution in [1.29, 1.82) is 0 Å². The van der Waals surface area contributed by atoms with Crippen molar-refractivity contribution in [3.8, 4) is 22.5 Å². The van der Waals surface area contributed by atoms with E-state index in [0.717, 1.165) is 116 Å². The molecule has 54 heavy (non-hydrogen) atoms. The molecule has 13 heteroatoms. The van der Waals surface area contributed by atoms with Crippen LogP contribution in [0, 0.1) is 5.92 Å². The number of aryl methyl sites for hydroxylation is 1. The van der Waals surface area contributed by atoms with E-state index in [4.69, 9.17) is 0 Å². The summed E-state index contributed by atoms with van der Waals surface area (Å²) < 4.78 is 3.20. The Hall–Kier alpha value is -5.69. The molecule has 0 radical (unpaired) electrons. The van der Waals surface area contributed by atoms with E-state index in [1.165, 1.54) is 5.69 Å². The minimum Gasteiger partial charge on any atom is -0.369 e. The standard InChI is InChI=1S/C41H43N9O4/c1-46-36-32(3-2-4-33(36)50(40(46)54)34-9-10-35(51)45-39(34)53)49-22-25(23-49)21-47-15-17-48(18-16-47)28-7-5-26(6-8-28)30-19-27(11-14-42-30)31-20-29-37(44-31)41(12-13-41)24-43-38(29)52/h2-8,11,14,19-20,25,34,44H,9-10,12-13,15-18,21-24H2,1H3,(H,43,52)(H,45,51,53). The van der Waals surface area contributed by atoms with Gasteiger partial charge in [-0.05, 0) is 61.7 Å². The number of carbonyl (C=O) groups excluding carboxylic acids is 3. The summed E-state index contributed by atoms with van der Waals surface area (Å²) in [5.74, 6) is -0.166. The molecule has 1 atom stereocenters. The monoisotopic (exact) mass is 725 g/mol. The third-order valence-electron chi connectivity index (χ3n) is 12.4. The van der Waals surface area contributed by atoms with E-state index in [1.807, 2.05) is 30.5 Å². The first-order valence-corrected chi connectivity index (χ1v) is 19.1. The number of carbonyl (C=O) groups is 3. The van der Waals surface area contributed by atoms with Gasteiger partial charge in [0.05, 0.1) is 28.0 Å². The average Bonchev–Trinajstić information content (AvgIpc) is 3.72. The van der Waals surface area contributed by atoms with Gasteiger partial charge in [-0.2, -0.15) is 0 Å². The zero-order valence-corrected chi connectivity index (χ0v) is 30.3. The molecule has 1 unspecified atom stereocenters. The molecule has 2 aromatic carbocycles. The van der Waals surface area contributed by atoms with Crippen molar-refractivity contribution in [2.75, 3.05) is 62.2 Å². The fraction of sp³-hybridized carbons (Fsp3) is 0.390. The van der Waals surface area contributed by atoms with Crippen LogP contribution in [0.15, 0.2) is 71.7 Å². The summed E-state index contributed by atoms with van der Waals surface area (Å²) in [5, 5.41) is 5.46. The largest absolute Gasteiger partial charge is 0.369 e. The Kier molecular flexibility index (Phi) is 7.58. The molecular weight excluding hydrogens is 683 g/mol. The Morgan fingerprint density at radius 1 is 0.889 bits per heavy atom. The fourth-order valence-corrected chi connectivity index (χ4v) is 9.16. The minimum atomic E-state index is -0.688. The lowest BCUT2D eigenvalue weighted by molar-refractivity contribution is -0.135. The lowest BCUT2D eigenvalue weighted by atomic mass is 9.95. The number of rotatable bonds is 7. The maximum atomic E-state index is 13.4. The summed E-state index contributed by atoms with van der Waals surface area (Å²) in [6.07, 6.45) is 4.61. The van der Waals surface area contributed by atoms with Crippen molar-refractivity contribution in [1.82, 2.24) is 34.6 Å². The van der Waals surface area contributed by atoms with Gasteiger partial charge >= 0.3 is 5.69 Å². The van der Waals surface area contributed by atoms with Crippen molar-refractivity contribution in [3.63, 3.8) is 0 Å². The normalized spacial score (nSPS) is 21.3. The lowest BCUT2D eigenvalue weighted by Gasteiger charge is -2.45. The van der Waals surface area contributed by atoms with Crippen molar-refractivity contribution in [2.45, 2.75) is 37.1 Å². The minimum absolute atomic E-state index is 0.00639. The number of imide groups is 1. The van der Waals surface area contributed by atoms with Crippen LogP contribution in [0.1, 0.15) is 47.8 Å². The second-order valence-corrected chi connectivity index (χ2v) is 15.8. The molecule has 7 heterocycles. The van der Waals surface area contributed by atoms with Crippen LogP contribution in [-0.2, 0) is 22.1 Å². The number of H-pyrrole nitrogens is 1. The maximum absolute atomic E-state index is 13.4. The molecule has 3 saturated heterocycles. The molecule has 1 saturated carbocycles. The van der Waals surface area contributed by atoms with Gasteiger partial charge in [-0.15, -0.1) is 0 Å². The number of hydrogen-bond acceptors (Lipinski definition) is 8. The molecule has 3 N–H and O–H groups in total. The molecule has 5 aromatic rings. The number of para-hydroxylation sites is 1. The number of benzene rings is 2. The lowest BCUT2D eigenvalue weighted by Crippen LogP contribution is -2.55. The maximum Gasteiger partial charge on any atom is 0.329 e. The van der Waals surface area contributed by atoms with Crippen LogP contribution < -0.4 is 26.1 Å². The number of hydrogen-bond donors (Lipinski definition) is 3. The number of piperazine rings is 1. The number of nitrogens with zero attached hydrogens (tertiary/aromatic N) is 6. The highest BCUT2D eigenvalue weighted by molar-refractivity contribution is 6.01. The van der Waals surface area contributed by atoms with Crippen LogP contribution in [0.5, 0.6) is 0 Å². The summed E-state index contributed by atoms with van der Waals surface area (Å²) >= 11 is 0. The molecule has 276 valence electrons. The summed E-state index contributed by atoms with van der Waals surface area (Å²) in [6.45, 7) is 7.51. The molecule has 3 aromatic heterocycles. The third-order valence-corrected chi connectivity index (χ3v) is 12.4. The van der Waals surface area contributed by atoms with E-state index >= 15 is 0 Å². The first-order chi connectivity index (χ1) is 26.2. The van der Waals surface area contributed by atoms with E-state index < -0.39 is 11.9 Å². The van der Waals surface area contributed by atoms with Crippen molar-refractivity contribution < 1.29 is 14.4 Å². The van der Waals surface area contributed by atoms with Gasteiger partial charge in [0.25, 0.3) is 5.91 Å². The Balaban J connectivity index is 0.755. The SMILES string of the molecule is Cn1c(=O)n(C2CCC(=O)NC2=O)c2cccc(N3CC(CN4CCN(c5ccc(-c6cc(-c7cc8c([nH]7)C7(CC7)CNC8=O)ccn6)cc5)CC4)C3)c21. The van der Waals surface area contributed by atoms with Gasteiger partial charge in [-0.1, -0.05) is 18.2 Å². The quantitative estimate of drug-likeness (QED) is 0.217. The van der Waals surface area contributed by atoms with Gasteiger partial charge in [0.1, 0.15) is 6.04 Å². The molecule has 1 aliphatic carbocycles. The number of pyridine rings is 1. The first kappa shape index (κ1) is 32.9. The number of aromatic nitrogens is 4. The van der Waals surface area contributed by atoms with Gasteiger partial charge in [-0.3, -0.25) is 38.7 Å². The average molecular weight is 726 g/mol. The molecule has 13 nitrogen and oxygen atoms in total. The van der Waals surface area contributed by atoms with Crippen molar-refractivity contribution in [3.05, 3.63) is 88.6 Å². The van der Waals surface area contributed by atoms with E-state index in [-0.39, 0.29) is 29.3 Å². The fourth-order valence-electron chi connectivity index (χ4n) is 9.16. The number of fused-ring (bicyclic) bond motifs is 3. The van der Waals surface area contributed by atoms with E-state index in [2.05, 4.69) is 71.7 Å². The second kappa shape index (κ2) is 12.4. The molecule has 4 aliphatic heterocycles. The number of anilines is 2. The highest BCUT2D eigenvalue weighted by atomic mass is 16.2. The number of nitrogens with one attached hydrogen (secondary N) is 3. The van der Waals surface area contributed by atoms with Crippen LogP contribution in [-0.4, -0.2) is 94.1 Å². The molecule has 10 rings (SSSR count). The highest BCUT2D eigenvalue weighted by Gasteiger charge is 2.50. The summed E-state index contributed by atoms with van der Waals surface area (Å²) in [5.41, 5.74) is 9.44. The molecule has 1 spiro atoms. The number of imidazole rings is 1. The van der Waals surface area contributed by atoms with Gasteiger partial charge in [-0.25, -0.2) is 4.79 Å². The zero-order valence-electron chi connectivity index (χ0n) is 30.3. The first-order valence-electron chi connectivity index (χ1n) is 19.1. The van der Waals surface area contributed by atoms with Crippen LogP contribution in [0.25, 0.3) is 33.5 Å². The van der Waals surface area contributed by atoms with Gasteiger partial charge in [0.15, 0.2) is 0 Å². The Bertz CT molecular complexity index is 2390. The topological polar surface area (TPSA) is 141 Å². The molecule has 4 fully saturated rings. The molecule has 5 aliphatic rings. The van der Waals surface area contributed by atoms with E-state index in [1.54, 1.807) is 16.2 Å². The van der Waals surface area contributed by atoms with Crippen LogP contribution >= 0.6 is 0 Å². The zero-order chi connectivity index (χ0) is 36.7. The second-order valence-electron chi connectivity index (χ2n) is 15.8. The van der Waals surface area contributed by atoms with Crippen LogP contribution in [0.4, 0.5) is 11.4 Å². The van der Waals surface area contributed by atoms with E-state index in [0.29, 0.717) is 12.3 Å². The number of amides is 3. The third kappa shape index (κ3) is 5.43. The van der Waals surface area contributed by atoms with Gasteiger partial charge < -0.3 is 20.1 Å². The van der Waals surface area contributed by atoms with E-state index in [9.17, 15) is 19.2 Å². The Labute approximate surface area is 311 Å². The van der Waals surface area contributed by atoms with Crippen molar-refractivity contribution in [2.24, 2.45) is 13.0 Å². The predicted octanol–water partition coefficient (Wildman–Crippen LogP) is 3.41. The summed E-state index contributed by atoms with van der Waals surface area (Å²) in [4.78, 5) is 66.0. The number of aromatic amines is 1. The smallest absolute Gasteiger partial charge is 0.329 e. The van der Waals surface area contributed by atoms with Crippen molar-refractivity contribution >= 4 is 40.1 Å². The van der Waals surface area contributed by atoms with Crippen LogP contribution in [0.2, 0.25) is 0 Å². The molecule has 0 bridgehead atoms. The highest BCUT2D eigenvalue weighted by Crippen LogP contribution is 2.50. The molecule has 3 amide bonds. The van der Waals surface area contributed by atoms with Gasteiger partial charge in [0.2, 0.25) is 11.8 Å². The summed E-state index contributed by atoms with van der Waals surface area (Å²) in [7, 11) is 1.76. The Morgan fingerprint density at radius 2 is 1.69 bits per heavy atom. The summed E-state index contributed by atoms with van der Waals surface area (Å²) in [6, 6.07) is 20.0.